The molecule has 6 nitrogen and oxygen atoms in total. The van der Waals surface area contributed by atoms with Gasteiger partial charge in [0.1, 0.15) is 5.82 Å². The number of hydrogen-bond donors (Lipinski definition) is 1. The molecule has 0 spiro atoms. The van der Waals surface area contributed by atoms with Gasteiger partial charge in [-0.3, -0.25) is 14.6 Å². The molecular formula is C23H28FN3O3S. The Hall–Kier alpha value is -2.29. The van der Waals surface area contributed by atoms with Crippen molar-refractivity contribution in [2.24, 2.45) is 0 Å². The second kappa shape index (κ2) is 8.00. The maximum absolute atomic E-state index is 14.1. The molecular weight excluding hydrogens is 417 g/mol. The quantitative estimate of drug-likeness (QED) is 0.783. The van der Waals surface area contributed by atoms with Crippen molar-refractivity contribution < 1.29 is 17.6 Å². The van der Waals surface area contributed by atoms with E-state index in [-0.39, 0.29) is 23.4 Å². The standard InChI is InChI=1S/C23H28FN3O3S/c1-16-14-26(12-11-25-16)15-21(28)27-20-10-9-17(24)13-19(20)23(2,3)22(27)31(29,30)18-7-5-4-6-8-18/h4-10,13,16,22,25H,11-12,14-15H2,1-3H3. The van der Waals surface area contributed by atoms with Crippen LogP contribution in [0.1, 0.15) is 26.3 Å². The van der Waals surface area contributed by atoms with E-state index in [2.05, 4.69) is 12.2 Å². The predicted octanol–water partition coefficient (Wildman–Crippen LogP) is 2.54. The van der Waals surface area contributed by atoms with Crippen molar-refractivity contribution in [3.05, 3.63) is 59.9 Å². The van der Waals surface area contributed by atoms with Gasteiger partial charge in [-0.25, -0.2) is 12.8 Å². The number of nitrogens with one attached hydrogen (secondary N) is 1. The highest BCUT2D eigenvalue weighted by Crippen LogP contribution is 2.48. The summed E-state index contributed by atoms with van der Waals surface area (Å²) in [6.07, 6.45) is 0. The highest BCUT2D eigenvalue weighted by molar-refractivity contribution is 7.92. The van der Waals surface area contributed by atoms with E-state index in [1.54, 1.807) is 32.0 Å². The zero-order chi connectivity index (χ0) is 22.4. The molecule has 2 unspecified atom stereocenters. The van der Waals surface area contributed by atoms with E-state index >= 15 is 0 Å². The minimum atomic E-state index is -3.92. The van der Waals surface area contributed by atoms with Crippen LogP contribution in [0.25, 0.3) is 0 Å². The van der Waals surface area contributed by atoms with Gasteiger partial charge in [0.05, 0.1) is 11.4 Å². The van der Waals surface area contributed by atoms with E-state index in [9.17, 15) is 17.6 Å². The van der Waals surface area contributed by atoms with Gasteiger partial charge in [0.25, 0.3) is 0 Å². The molecule has 166 valence electrons. The van der Waals surface area contributed by atoms with Crippen molar-refractivity contribution >= 4 is 21.4 Å². The number of piperazine rings is 1. The van der Waals surface area contributed by atoms with Gasteiger partial charge in [0, 0.05) is 36.8 Å². The van der Waals surface area contributed by atoms with Crippen molar-refractivity contribution in [3.63, 3.8) is 0 Å². The first kappa shape index (κ1) is 21.9. The summed E-state index contributed by atoms with van der Waals surface area (Å²) in [5.74, 6) is -0.745. The number of fused-ring (bicyclic) bond motifs is 1. The van der Waals surface area contributed by atoms with Gasteiger partial charge in [-0.05, 0) is 42.8 Å². The predicted molar refractivity (Wildman–Crippen MR) is 118 cm³/mol. The largest absolute Gasteiger partial charge is 0.312 e. The van der Waals surface area contributed by atoms with Crippen molar-refractivity contribution in [2.45, 2.75) is 42.5 Å². The molecule has 0 aromatic heterocycles. The molecule has 1 N–H and O–H groups in total. The molecule has 1 fully saturated rings. The lowest BCUT2D eigenvalue weighted by Crippen LogP contribution is -2.55. The topological polar surface area (TPSA) is 69.7 Å². The summed E-state index contributed by atoms with van der Waals surface area (Å²) in [4.78, 5) is 17.1. The molecule has 2 heterocycles. The van der Waals surface area contributed by atoms with Gasteiger partial charge >= 0.3 is 0 Å². The van der Waals surface area contributed by atoms with Gasteiger partial charge < -0.3 is 5.32 Å². The summed E-state index contributed by atoms with van der Waals surface area (Å²) >= 11 is 0. The first-order valence-corrected chi connectivity index (χ1v) is 12.0. The Labute approximate surface area is 183 Å². The van der Waals surface area contributed by atoms with Crippen LogP contribution >= 0.6 is 0 Å². The zero-order valence-corrected chi connectivity index (χ0v) is 18.8. The number of carbonyl (C=O) groups is 1. The number of sulfone groups is 1. The molecule has 0 aliphatic carbocycles. The van der Waals surface area contributed by atoms with Crippen LogP contribution in [0.5, 0.6) is 0 Å². The van der Waals surface area contributed by atoms with Gasteiger partial charge in [-0.2, -0.15) is 0 Å². The van der Waals surface area contributed by atoms with Crippen LogP contribution < -0.4 is 10.2 Å². The molecule has 4 rings (SSSR count). The van der Waals surface area contributed by atoms with E-state index in [0.717, 1.165) is 6.54 Å². The third-order valence-electron chi connectivity index (χ3n) is 6.21. The number of rotatable bonds is 4. The Kier molecular flexibility index (Phi) is 5.66. The normalized spacial score (nSPS) is 23.5. The Bertz CT molecular complexity index is 1090. The maximum Gasteiger partial charge on any atom is 0.242 e. The van der Waals surface area contributed by atoms with Gasteiger partial charge in [-0.15, -0.1) is 0 Å². The fourth-order valence-corrected chi connectivity index (χ4v) is 6.98. The van der Waals surface area contributed by atoms with Crippen LogP contribution in [0, 0.1) is 5.82 Å². The highest BCUT2D eigenvalue weighted by Gasteiger charge is 2.54. The summed E-state index contributed by atoms with van der Waals surface area (Å²) in [6, 6.07) is 12.5. The minimum absolute atomic E-state index is 0.111. The number of carbonyl (C=O) groups excluding carboxylic acids is 1. The van der Waals surface area contributed by atoms with Gasteiger partial charge in [0.15, 0.2) is 5.37 Å². The molecule has 1 saturated heterocycles. The second-order valence-corrected chi connectivity index (χ2v) is 11.0. The number of nitrogens with zero attached hydrogens (tertiary/aromatic N) is 2. The number of amides is 1. The lowest BCUT2D eigenvalue weighted by molar-refractivity contribution is -0.120. The number of hydrogen-bond acceptors (Lipinski definition) is 5. The summed E-state index contributed by atoms with van der Waals surface area (Å²) in [5.41, 5.74) is 0.00142. The van der Waals surface area contributed by atoms with E-state index in [0.29, 0.717) is 24.3 Å². The molecule has 1 amide bonds. The van der Waals surface area contributed by atoms with E-state index in [4.69, 9.17) is 0 Å². The molecule has 2 aromatic rings. The third-order valence-corrected chi connectivity index (χ3v) is 8.53. The number of benzene rings is 2. The van der Waals surface area contributed by atoms with Crippen molar-refractivity contribution in [3.8, 4) is 0 Å². The molecule has 8 heteroatoms. The Morgan fingerprint density at radius 3 is 2.58 bits per heavy atom. The molecule has 2 atom stereocenters. The van der Waals surface area contributed by atoms with E-state index in [1.165, 1.54) is 35.2 Å². The third kappa shape index (κ3) is 3.88. The van der Waals surface area contributed by atoms with Crippen LogP contribution in [-0.4, -0.2) is 56.8 Å². The Balaban J connectivity index is 1.79. The first-order valence-electron chi connectivity index (χ1n) is 10.5. The number of halogens is 1. The zero-order valence-electron chi connectivity index (χ0n) is 18.0. The Morgan fingerprint density at radius 1 is 1.19 bits per heavy atom. The molecule has 2 aliphatic heterocycles. The van der Waals surface area contributed by atoms with Crippen LogP contribution in [0.3, 0.4) is 0 Å². The van der Waals surface area contributed by atoms with Crippen molar-refractivity contribution in [2.75, 3.05) is 31.1 Å². The molecule has 31 heavy (non-hydrogen) atoms. The van der Waals surface area contributed by atoms with Crippen LogP contribution in [0.2, 0.25) is 0 Å². The summed E-state index contributed by atoms with van der Waals surface area (Å²) < 4.78 is 41.6. The van der Waals surface area contributed by atoms with Crippen LogP contribution in [0.15, 0.2) is 53.4 Å². The molecule has 0 radical (unpaired) electrons. The molecule has 0 bridgehead atoms. The van der Waals surface area contributed by atoms with Crippen LogP contribution in [0.4, 0.5) is 10.1 Å². The maximum atomic E-state index is 14.1. The minimum Gasteiger partial charge on any atom is -0.312 e. The highest BCUT2D eigenvalue weighted by atomic mass is 32.2. The average Bonchev–Trinajstić information content (AvgIpc) is 2.96. The lowest BCUT2D eigenvalue weighted by Gasteiger charge is -2.36. The first-order chi connectivity index (χ1) is 14.6. The monoisotopic (exact) mass is 445 g/mol. The van der Waals surface area contributed by atoms with Crippen LogP contribution in [-0.2, 0) is 20.0 Å². The van der Waals surface area contributed by atoms with Gasteiger partial charge in [-0.1, -0.05) is 32.0 Å². The number of anilines is 1. The fourth-order valence-electron chi connectivity index (χ4n) is 4.77. The molecule has 2 aliphatic rings. The summed E-state index contributed by atoms with van der Waals surface area (Å²) in [5, 5.41) is 2.18. The summed E-state index contributed by atoms with van der Waals surface area (Å²) in [6.45, 7) is 7.87. The summed E-state index contributed by atoms with van der Waals surface area (Å²) in [7, 11) is -3.92. The smallest absolute Gasteiger partial charge is 0.242 e. The average molecular weight is 446 g/mol. The lowest BCUT2D eigenvalue weighted by atomic mass is 9.86. The van der Waals surface area contributed by atoms with Crippen molar-refractivity contribution in [1.29, 1.82) is 0 Å². The van der Waals surface area contributed by atoms with E-state index < -0.39 is 26.4 Å². The second-order valence-electron chi connectivity index (χ2n) is 8.95. The molecule has 2 aromatic carbocycles. The molecule has 0 saturated carbocycles. The van der Waals surface area contributed by atoms with Gasteiger partial charge in [0.2, 0.25) is 15.7 Å². The van der Waals surface area contributed by atoms with Crippen molar-refractivity contribution in [1.82, 2.24) is 10.2 Å². The Morgan fingerprint density at radius 2 is 1.90 bits per heavy atom. The van der Waals surface area contributed by atoms with E-state index in [1.807, 2.05) is 4.90 Å². The SMILES string of the molecule is CC1CN(CC(=O)N2c3ccc(F)cc3C(C)(C)C2S(=O)(=O)c2ccccc2)CCN1. The fraction of sp³-hybridized carbons (Fsp3) is 0.435.